The third-order valence-electron chi connectivity index (χ3n) is 8.07. The smallest absolute Gasteiger partial charge is 0.325 e. The van der Waals surface area contributed by atoms with Gasteiger partial charge in [0.05, 0.1) is 18.6 Å². The van der Waals surface area contributed by atoms with Gasteiger partial charge >= 0.3 is 5.97 Å². The highest BCUT2D eigenvalue weighted by Crippen LogP contribution is 2.26. The van der Waals surface area contributed by atoms with Crippen molar-refractivity contribution in [1.82, 2.24) is 20.3 Å². The third kappa shape index (κ3) is 12.3. The molecule has 278 valence electrons. The summed E-state index contributed by atoms with van der Waals surface area (Å²) in [6.45, 7) is 8.88. The van der Waals surface area contributed by atoms with E-state index in [1.807, 2.05) is 26.0 Å². The topological polar surface area (TPSA) is 191 Å². The number of benzene rings is 2. The molecular weight excluding hydrogens is 673 g/mol. The Labute approximate surface area is 301 Å². The van der Waals surface area contributed by atoms with Crippen LogP contribution in [0.5, 0.6) is 5.75 Å². The minimum Gasteiger partial charge on any atom is -0.494 e. The number of ether oxygens (including phenoxy) is 2. The second kappa shape index (κ2) is 20.4. The van der Waals surface area contributed by atoms with Gasteiger partial charge in [-0.05, 0) is 98.5 Å². The third-order valence-corrected chi connectivity index (χ3v) is 9.85. The zero-order valence-corrected chi connectivity index (χ0v) is 31.1. The Kier molecular flexibility index (Phi) is 16.3. The van der Waals surface area contributed by atoms with E-state index in [1.165, 1.54) is 5.56 Å². The van der Waals surface area contributed by atoms with Gasteiger partial charge in [-0.3, -0.25) is 14.4 Å². The number of methoxy groups -OCH3 is 1. The first-order valence-corrected chi connectivity index (χ1v) is 18.9. The van der Waals surface area contributed by atoms with E-state index in [4.69, 9.17) is 20.2 Å². The number of nitrogens with zero attached hydrogens (tertiary/aromatic N) is 1. The van der Waals surface area contributed by atoms with Crippen molar-refractivity contribution < 1.29 is 32.3 Å². The molecule has 1 aliphatic rings. The molecule has 0 saturated heterocycles. The summed E-state index contributed by atoms with van der Waals surface area (Å²) in [6.07, 6.45) is 4.40. The predicted molar refractivity (Wildman–Crippen MR) is 197 cm³/mol. The van der Waals surface area contributed by atoms with Crippen LogP contribution < -0.4 is 31.1 Å². The molecule has 0 aliphatic carbocycles. The quantitative estimate of drug-likeness (QED) is 0.102. The zero-order chi connectivity index (χ0) is 37.4. The first kappa shape index (κ1) is 40.9. The summed E-state index contributed by atoms with van der Waals surface area (Å²) in [4.78, 5) is 42.0. The summed E-state index contributed by atoms with van der Waals surface area (Å²) < 4.78 is 40.0. The molecule has 14 heteroatoms. The van der Waals surface area contributed by atoms with E-state index in [2.05, 4.69) is 32.8 Å². The van der Waals surface area contributed by atoms with E-state index in [1.54, 1.807) is 38.1 Å². The van der Waals surface area contributed by atoms with Gasteiger partial charge in [-0.2, -0.15) is 4.72 Å². The summed E-state index contributed by atoms with van der Waals surface area (Å²) in [5.41, 5.74) is 9.83. The fourth-order valence-corrected chi connectivity index (χ4v) is 7.24. The highest BCUT2D eigenvalue weighted by Gasteiger charge is 2.29. The molecule has 0 bridgehead atoms. The second-order valence-electron chi connectivity index (χ2n) is 11.9. The summed E-state index contributed by atoms with van der Waals surface area (Å²) >= 11 is 0. The van der Waals surface area contributed by atoms with Gasteiger partial charge < -0.3 is 31.2 Å². The number of aromatic nitrogens is 1. The minimum atomic E-state index is -4.22. The standard InChI is InChI=1S/C35H46N6O7S.C2H6/c1-23-20-29(48-19-5-7-31(42)37-18-16-36)21-24(2)32(23)49(45,46)41-30(35(44)47-3)22-39-34(43)27-11-8-25(9-12-27)10-14-28-15-13-26-6-4-17-38-33(26)40-28;1-2/h8-9,11-13,15,20-21,30,41H,4-7,10,14,16-19,22,36H2,1-3H3,(H,37,42)(H,38,40)(H,39,43);1-2H3. The molecule has 1 aliphatic heterocycles. The number of rotatable bonds is 17. The molecule has 1 aromatic heterocycles. The fourth-order valence-electron chi connectivity index (χ4n) is 5.60. The number of hydrogen-bond acceptors (Lipinski definition) is 10. The highest BCUT2D eigenvalue weighted by atomic mass is 32.2. The lowest BCUT2D eigenvalue weighted by molar-refractivity contribution is -0.142. The number of hydrogen-bond donors (Lipinski definition) is 5. The SMILES string of the molecule is CC.COC(=O)C(CNC(=O)c1ccc(CCc2ccc3c(n2)NCCC3)cc1)NS(=O)(=O)c1c(C)cc(OCCCC(=O)NCCN)cc1C. The maximum atomic E-state index is 13.5. The van der Waals surface area contributed by atoms with Crippen LogP contribution >= 0.6 is 0 Å². The number of nitrogens with two attached hydrogens (primary N) is 1. The van der Waals surface area contributed by atoms with Crippen LogP contribution in [0, 0.1) is 13.8 Å². The number of fused-ring (bicyclic) bond motifs is 1. The molecular formula is C37H52N6O7S. The molecule has 0 spiro atoms. The van der Waals surface area contributed by atoms with Crippen LogP contribution in [-0.2, 0) is 43.6 Å². The van der Waals surface area contributed by atoms with E-state index >= 15 is 0 Å². The van der Waals surface area contributed by atoms with Crippen molar-refractivity contribution in [3.05, 3.63) is 82.0 Å². The van der Waals surface area contributed by atoms with Crippen molar-refractivity contribution in [2.45, 2.75) is 77.2 Å². The predicted octanol–water partition coefficient (Wildman–Crippen LogP) is 3.35. The number of pyridine rings is 1. The zero-order valence-electron chi connectivity index (χ0n) is 30.3. The molecule has 2 heterocycles. The van der Waals surface area contributed by atoms with Gasteiger partial charge in [0, 0.05) is 43.9 Å². The Morgan fingerprint density at radius 2 is 1.71 bits per heavy atom. The Balaban J connectivity index is 0.00000345. The van der Waals surface area contributed by atoms with Gasteiger partial charge in [0.1, 0.15) is 17.6 Å². The number of carbonyl (C=O) groups is 3. The molecule has 2 aromatic carbocycles. The maximum absolute atomic E-state index is 13.5. The van der Waals surface area contributed by atoms with Gasteiger partial charge in [-0.25, -0.2) is 13.4 Å². The lowest BCUT2D eigenvalue weighted by Crippen LogP contribution is -2.49. The maximum Gasteiger partial charge on any atom is 0.325 e. The molecule has 1 atom stereocenters. The van der Waals surface area contributed by atoms with Crippen molar-refractivity contribution in [1.29, 1.82) is 0 Å². The molecule has 0 radical (unpaired) electrons. The Hall–Kier alpha value is -4.53. The number of aryl methyl sites for hydroxylation is 5. The number of nitrogens with one attached hydrogen (secondary N) is 4. The van der Waals surface area contributed by atoms with Crippen LogP contribution in [0.25, 0.3) is 0 Å². The number of esters is 1. The summed E-state index contributed by atoms with van der Waals surface area (Å²) in [6, 6.07) is 13.1. The molecule has 51 heavy (non-hydrogen) atoms. The first-order valence-electron chi connectivity index (χ1n) is 17.4. The highest BCUT2D eigenvalue weighted by molar-refractivity contribution is 7.89. The van der Waals surface area contributed by atoms with E-state index in [-0.39, 0.29) is 30.4 Å². The van der Waals surface area contributed by atoms with Crippen LogP contribution in [0.4, 0.5) is 5.82 Å². The van der Waals surface area contributed by atoms with E-state index in [0.717, 1.165) is 56.4 Å². The van der Waals surface area contributed by atoms with Crippen LogP contribution in [-0.4, -0.2) is 77.1 Å². The molecule has 0 fully saturated rings. The summed E-state index contributed by atoms with van der Waals surface area (Å²) in [5, 5.41) is 8.69. The molecule has 2 amide bonds. The van der Waals surface area contributed by atoms with Gasteiger partial charge in [0.15, 0.2) is 0 Å². The van der Waals surface area contributed by atoms with Crippen molar-refractivity contribution in [3.8, 4) is 5.75 Å². The number of anilines is 1. The Morgan fingerprint density at radius 3 is 2.37 bits per heavy atom. The molecule has 1 unspecified atom stereocenters. The Morgan fingerprint density at radius 1 is 1.00 bits per heavy atom. The molecule has 4 rings (SSSR count). The molecule has 13 nitrogen and oxygen atoms in total. The second-order valence-corrected chi connectivity index (χ2v) is 13.6. The average molecular weight is 725 g/mol. The van der Waals surface area contributed by atoms with Gasteiger partial charge in [0.2, 0.25) is 15.9 Å². The van der Waals surface area contributed by atoms with Crippen molar-refractivity contribution >= 4 is 33.6 Å². The van der Waals surface area contributed by atoms with Crippen LogP contribution in [0.3, 0.4) is 0 Å². The van der Waals surface area contributed by atoms with Crippen molar-refractivity contribution in [2.75, 3.05) is 45.2 Å². The normalized spacial score (nSPS) is 12.7. The first-order chi connectivity index (χ1) is 24.5. The van der Waals surface area contributed by atoms with Crippen LogP contribution in [0.2, 0.25) is 0 Å². The minimum absolute atomic E-state index is 0.0151. The summed E-state index contributed by atoms with van der Waals surface area (Å²) in [7, 11) is -3.08. The monoisotopic (exact) mass is 724 g/mol. The lowest BCUT2D eigenvalue weighted by atomic mass is 10.0. The molecule has 3 aromatic rings. The lowest BCUT2D eigenvalue weighted by Gasteiger charge is -2.20. The van der Waals surface area contributed by atoms with Gasteiger partial charge in [-0.1, -0.05) is 32.0 Å². The van der Waals surface area contributed by atoms with Crippen LogP contribution in [0.1, 0.15) is 71.4 Å². The summed E-state index contributed by atoms with van der Waals surface area (Å²) in [5.74, 6) is -0.0205. The number of sulfonamides is 1. The number of carbonyl (C=O) groups excluding carboxylic acids is 3. The number of amides is 2. The van der Waals surface area contributed by atoms with E-state index in [9.17, 15) is 22.8 Å². The average Bonchev–Trinajstić information content (AvgIpc) is 3.13. The van der Waals surface area contributed by atoms with Crippen molar-refractivity contribution in [3.63, 3.8) is 0 Å². The largest absolute Gasteiger partial charge is 0.494 e. The van der Waals surface area contributed by atoms with Gasteiger partial charge in [0.25, 0.3) is 5.91 Å². The van der Waals surface area contributed by atoms with Crippen LogP contribution in [0.15, 0.2) is 53.4 Å². The van der Waals surface area contributed by atoms with E-state index in [0.29, 0.717) is 42.0 Å². The fraction of sp³-hybridized carbons (Fsp3) is 0.459. The van der Waals surface area contributed by atoms with Crippen molar-refractivity contribution in [2.24, 2.45) is 5.73 Å². The molecule has 0 saturated carbocycles. The van der Waals surface area contributed by atoms with E-state index < -0.39 is 27.9 Å². The van der Waals surface area contributed by atoms with Gasteiger partial charge in [-0.15, -0.1) is 0 Å². The Bertz CT molecular complexity index is 1710. The molecule has 6 N–H and O–H groups in total.